The first kappa shape index (κ1) is 22.3. The zero-order chi connectivity index (χ0) is 23.5. The molecule has 1 saturated heterocycles. The average molecular weight is 448 g/mol. The van der Waals surface area contributed by atoms with Gasteiger partial charge in [0.2, 0.25) is 0 Å². The molecule has 1 aliphatic rings. The molecule has 4 rings (SSSR count). The number of nitrogens with zero attached hydrogens (tertiary/aromatic N) is 2. The number of hydrogen-bond donors (Lipinski definition) is 2. The zero-order valence-electron chi connectivity index (χ0n) is 18.6. The molecule has 0 radical (unpaired) electrons. The number of hydrogen-bond acceptors (Lipinski definition) is 4. The van der Waals surface area contributed by atoms with Crippen LogP contribution in [0.4, 0.5) is 21.5 Å². The molecule has 33 heavy (non-hydrogen) atoms. The van der Waals surface area contributed by atoms with Crippen molar-refractivity contribution in [3.63, 3.8) is 0 Å². The van der Waals surface area contributed by atoms with Crippen LogP contribution < -0.4 is 15.1 Å². The van der Waals surface area contributed by atoms with E-state index in [1.54, 1.807) is 18.2 Å². The maximum atomic E-state index is 13.9. The van der Waals surface area contributed by atoms with Crippen LogP contribution in [0.2, 0.25) is 0 Å². The van der Waals surface area contributed by atoms with Crippen LogP contribution in [-0.2, 0) is 0 Å². The minimum atomic E-state index is -1.08. The highest BCUT2D eigenvalue weighted by molar-refractivity contribution is 6.05. The van der Waals surface area contributed by atoms with Crippen molar-refractivity contribution in [1.29, 1.82) is 0 Å². The van der Waals surface area contributed by atoms with Gasteiger partial charge in [-0.2, -0.15) is 0 Å². The number of aromatic carboxylic acids is 1. The number of carbonyl (C=O) groups is 2. The van der Waals surface area contributed by atoms with E-state index >= 15 is 0 Å². The molecule has 3 aromatic carbocycles. The molecule has 1 fully saturated rings. The Hall–Kier alpha value is -3.87. The molecular formula is C26H26FN3O3. The predicted molar refractivity (Wildman–Crippen MR) is 128 cm³/mol. The van der Waals surface area contributed by atoms with Gasteiger partial charge in [-0.15, -0.1) is 0 Å². The van der Waals surface area contributed by atoms with Crippen LogP contribution in [0.15, 0.2) is 66.7 Å². The third kappa shape index (κ3) is 4.82. The standard InChI is InChI=1S/C26H26FN3O3/c1-17-6-5-7-20(14-17)30-13-12-29(16-18(30)2)24-11-10-19(15-22(24)26(32)33)28-25(31)21-8-3-4-9-23(21)27/h3-11,14-15,18H,12-13,16H2,1-2H3,(H,28,31)(H,32,33). The monoisotopic (exact) mass is 447 g/mol. The average Bonchev–Trinajstić information content (AvgIpc) is 2.79. The Morgan fingerprint density at radius 2 is 1.79 bits per heavy atom. The lowest BCUT2D eigenvalue weighted by molar-refractivity contribution is 0.0697. The number of halogens is 1. The molecule has 170 valence electrons. The quantitative estimate of drug-likeness (QED) is 0.588. The van der Waals surface area contributed by atoms with Crippen molar-refractivity contribution >= 4 is 28.9 Å². The maximum Gasteiger partial charge on any atom is 0.337 e. The number of piperazine rings is 1. The SMILES string of the molecule is Cc1cccc(N2CCN(c3ccc(NC(=O)c4ccccc4F)cc3C(=O)O)CC2C)c1. The summed E-state index contributed by atoms with van der Waals surface area (Å²) < 4.78 is 13.9. The molecule has 1 aliphatic heterocycles. The third-order valence-corrected chi connectivity index (χ3v) is 5.90. The first-order valence-electron chi connectivity index (χ1n) is 10.8. The summed E-state index contributed by atoms with van der Waals surface area (Å²) in [5.74, 6) is -2.34. The molecule has 0 spiro atoms. The van der Waals surface area contributed by atoms with E-state index in [4.69, 9.17) is 0 Å². The molecule has 0 aliphatic carbocycles. The van der Waals surface area contributed by atoms with Crippen molar-refractivity contribution in [3.05, 3.63) is 89.2 Å². The van der Waals surface area contributed by atoms with Crippen molar-refractivity contribution in [3.8, 4) is 0 Å². The Morgan fingerprint density at radius 3 is 2.48 bits per heavy atom. The number of nitrogens with one attached hydrogen (secondary N) is 1. The molecule has 0 aromatic heterocycles. The van der Waals surface area contributed by atoms with Crippen LogP contribution >= 0.6 is 0 Å². The van der Waals surface area contributed by atoms with E-state index in [0.717, 1.165) is 12.2 Å². The number of rotatable bonds is 5. The van der Waals surface area contributed by atoms with Gasteiger partial charge in [0.25, 0.3) is 5.91 Å². The lowest BCUT2D eigenvalue weighted by atomic mass is 10.1. The van der Waals surface area contributed by atoms with Crippen LogP contribution in [-0.4, -0.2) is 42.7 Å². The van der Waals surface area contributed by atoms with E-state index in [1.165, 1.54) is 29.8 Å². The largest absolute Gasteiger partial charge is 0.478 e. The summed E-state index contributed by atoms with van der Waals surface area (Å²) in [5.41, 5.74) is 3.25. The molecule has 0 bridgehead atoms. The van der Waals surface area contributed by atoms with E-state index in [-0.39, 0.29) is 17.2 Å². The molecule has 3 aromatic rings. The Bertz CT molecular complexity index is 1200. The van der Waals surface area contributed by atoms with Crippen LogP contribution in [0.1, 0.15) is 33.2 Å². The van der Waals surface area contributed by atoms with E-state index in [0.29, 0.717) is 24.5 Å². The number of anilines is 3. The van der Waals surface area contributed by atoms with Gasteiger partial charge >= 0.3 is 5.97 Å². The molecule has 1 atom stereocenters. The number of aryl methyl sites for hydroxylation is 1. The molecule has 1 unspecified atom stereocenters. The zero-order valence-corrected chi connectivity index (χ0v) is 18.6. The molecule has 7 heteroatoms. The number of carbonyl (C=O) groups excluding carboxylic acids is 1. The lowest BCUT2D eigenvalue weighted by Gasteiger charge is -2.42. The van der Waals surface area contributed by atoms with Gasteiger partial charge in [-0.1, -0.05) is 24.3 Å². The number of benzene rings is 3. The predicted octanol–water partition coefficient (Wildman–Crippen LogP) is 4.80. The number of carboxylic acids is 1. The van der Waals surface area contributed by atoms with Gasteiger partial charge in [-0.3, -0.25) is 4.79 Å². The Labute approximate surface area is 192 Å². The number of amides is 1. The molecule has 6 nitrogen and oxygen atoms in total. The Morgan fingerprint density at radius 1 is 1.00 bits per heavy atom. The van der Waals surface area contributed by atoms with Gasteiger partial charge < -0.3 is 20.2 Å². The van der Waals surface area contributed by atoms with Gasteiger partial charge in [0.15, 0.2) is 0 Å². The van der Waals surface area contributed by atoms with E-state index in [1.807, 2.05) is 6.07 Å². The summed E-state index contributed by atoms with van der Waals surface area (Å²) in [7, 11) is 0. The summed E-state index contributed by atoms with van der Waals surface area (Å²) in [6.45, 7) is 6.28. The first-order chi connectivity index (χ1) is 15.8. The summed E-state index contributed by atoms with van der Waals surface area (Å²) in [6, 6.07) is 19.0. The lowest BCUT2D eigenvalue weighted by Crippen LogP contribution is -2.52. The van der Waals surface area contributed by atoms with E-state index in [2.05, 4.69) is 47.2 Å². The highest BCUT2D eigenvalue weighted by atomic mass is 19.1. The van der Waals surface area contributed by atoms with Crippen molar-refractivity contribution in [2.45, 2.75) is 19.9 Å². The van der Waals surface area contributed by atoms with Crippen molar-refractivity contribution in [2.75, 3.05) is 34.8 Å². The Kier molecular flexibility index (Phi) is 6.31. The maximum absolute atomic E-state index is 13.9. The second-order valence-corrected chi connectivity index (χ2v) is 8.30. The van der Waals surface area contributed by atoms with Gasteiger partial charge in [0.1, 0.15) is 5.82 Å². The number of carboxylic acid groups (broad SMARTS) is 1. The van der Waals surface area contributed by atoms with Gasteiger partial charge in [0.05, 0.1) is 16.8 Å². The normalized spacial score (nSPS) is 15.9. The highest BCUT2D eigenvalue weighted by Crippen LogP contribution is 2.29. The fraction of sp³-hybridized carbons (Fsp3) is 0.231. The molecule has 0 saturated carbocycles. The highest BCUT2D eigenvalue weighted by Gasteiger charge is 2.27. The van der Waals surface area contributed by atoms with Crippen LogP contribution in [0.3, 0.4) is 0 Å². The van der Waals surface area contributed by atoms with Crippen molar-refractivity contribution < 1.29 is 19.1 Å². The molecular weight excluding hydrogens is 421 g/mol. The first-order valence-corrected chi connectivity index (χ1v) is 10.8. The molecule has 1 amide bonds. The summed E-state index contributed by atoms with van der Waals surface area (Å²) in [4.78, 5) is 28.8. The third-order valence-electron chi connectivity index (χ3n) is 5.90. The van der Waals surface area contributed by atoms with Gasteiger partial charge in [-0.05, 0) is 61.9 Å². The van der Waals surface area contributed by atoms with Crippen LogP contribution in [0.5, 0.6) is 0 Å². The van der Waals surface area contributed by atoms with Crippen LogP contribution in [0.25, 0.3) is 0 Å². The molecule has 2 N–H and O–H groups in total. The summed E-state index contributed by atoms with van der Waals surface area (Å²) in [5, 5.41) is 12.4. The van der Waals surface area contributed by atoms with Crippen LogP contribution in [0, 0.1) is 12.7 Å². The minimum absolute atomic E-state index is 0.0949. The Balaban J connectivity index is 1.53. The van der Waals surface area contributed by atoms with Crippen molar-refractivity contribution in [1.82, 2.24) is 0 Å². The minimum Gasteiger partial charge on any atom is -0.478 e. The second-order valence-electron chi connectivity index (χ2n) is 8.30. The van der Waals surface area contributed by atoms with Gasteiger partial charge in [0, 0.05) is 37.1 Å². The second kappa shape index (κ2) is 9.32. The summed E-state index contributed by atoms with van der Waals surface area (Å²) >= 11 is 0. The smallest absolute Gasteiger partial charge is 0.337 e. The van der Waals surface area contributed by atoms with E-state index in [9.17, 15) is 19.1 Å². The van der Waals surface area contributed by atoms with Gasteiger partial charge in [-0.25, -0.2) is 9.18 Å². The fourth-order valence-corrected chi connectivity index (χ4v) is 4.27. The topological polar surface area (TPSA) is 72.9 Å². The van der Waals surface area contributed by atoms with Crippen molar-refractivity contribution in [2.24, 2.45) is 0 Å². The fourth-order valence-electron chi connectivity index (χ4n) is 4.27. The van der Waals surface area contributed by atoms with E-state index < -0.39 is 17.7 Å². The summed E-state index contributed by atoms with van der Waals surface area (Å²) in [6.07, 6.45) is 0. The molecule has 1 heterocycles.